The number of carbonyl (C=O) groups excluding carboxylic acids is 2. The van der Waals surface area contributed by atoms with Crippen molar-refractivity contribution in [1.82, 2.24) is 10.2 Å². The molecule has 2 rings (SSSR count). The van der Waals surface area contributed by atoms with Gasteiger partial charge in [0.1, 0.15) is 6.04 Å². The van der Waals surface area contributed by atoms with Crippen LogP contribution in [0.4, 0.5) is 0 Å². The van der Waals surface area contributed by atoms with Crippen LogP contribution >= 0.6 is 15.9 Å². The lowest BCUT2D eigenvalue weighted by molar-refractivity contribution is -0.133. The van der Waals surface area contributed by atoms with Crippen molar-refractivity contribution in [3.05, 3.63) is 11.1 Å². The molecule has 0 aromatic carbocycles. The lowest BCUT2D eigenvalue weighted by Gasteiger charge is -2.23. The summed E-state index contributed by atoms with van der Waals surface area (Å²) in [4.78, 5) is 25.3. The summed E-state index contributed by atoms with van der Waals surface area (Å²) in [6.45, 7) is 4.70. The number of hydrogen-bond donors (Lipinski definition) is 1. The molecule has 2 amide bonds. The summed E-state index contributed by atoms with van der Waals surface area (Å²) >= 11 is 3.26. The van der Waals surface area contributed by atoms with Crippen molar-refractivity contribution in [3.63, 3.8) is 0 Å². The first-order valence-corrected chi connectivity index (χ1v) is 6.28. The highest BCUT2D eigenvalue weighted by atomic mass is 79.9. The van der Waals surface area contributed by atoms with Gasteiger partial charge in [0.25, 0.3) is 0 Å². The van der Waals surface area contributed by atoms with E-state index in [1.165, 1.54) is 0 Å². The Balaban J connectivity index is 2.10. The van der Waals surface area contributed by atoms with Gasteiger partial charge in [-0.1, -0.05) is 22.5 Å². The van der Waals surface area contributed by atoms with Crippen LogP contribution in [-0.4, -0.2) is 35.8 Å². The molecule has 0 aromatic heterocycles. The smallest absolute Gasteiger partial charge is 0.245 e. The Bertz CT molecular complexity index is 339. The molecule has 2 fully saturated rings. The maximum Gasteiger partial charge on any atom is 0.245 e. The van der Waals surface area contributed by atoms with E-state index in [1.807, 2.05) is 0 Å². The zero-order valence-corrected chi connectivity index (χ0v) is 10.6. The number of hydrogen-bond acceptors (Lipinski definition) is 2. The summed E-state index contributed by atoms with van der Waals surface area (Å²) in [5, 5.41) is 2.82. The van der Waals surface area contributed by atoms with Crippen LogP contribution in [0.5, 0.6) is 0 Å². The molecule has 1 aliphatic carbocycles. The minimum atomic E-state index is -0.304. The van der Waals surface area contributed by atoms with Crippen LogP contribution in [0.1, 0.15) is 19.3 Å². The van der Waals surface area contributed by atoms with Gasteiger partial charge in [-0.2, -0.15) is 0 Å². The second kappa shape index (κ2) is 4.57. The van der Waals surface area contributed by atoms with Gasteiger partial charge in [0.2, 0.25) is 11.8 Å². The first-order valence-electron chi connectivity index (χ1n) is 5.49. The van der Waals surface area contributed by atoms with Crippen molar-refractivity contribution >= 4 is 27.7 Å². The number of nitrogens with zero attached hydrogens (tertiary/aromatic N) is 1. The van der Waals surface area contributed by atoms with Gasteiger partial charge in [0, 0.05) is 17.4 Å². The Kier molecular flexibility index (Phi) is 3.33. The van der Waals surface area contributed by atoms with Crippen LogP contribution in [0.3, 0.4) is 0 Å². The zero-order chi connectivity index (χ0) is 11.7. The molecule has 16 heavy (non-hydrogen) atoms. The SMILES string of the molecule is C=C(Br)CN1CCC(=O)NC(C2CC2)C1=O. The van der Waals surface area contributed by atoms with Gasteiger partial charge in [-0.3, -0.25) is 9.59 Å². The largest absolute Gasteiger partial charge is 0.344 e. The van der Waals surface area contributed by atoms with Crippen LogP contribution in [0, 0.1) is 5.92 Å². The van der Waals surface area contributed by atoms with Crippen LogP contribution in [0.15, 0.2) is 11.1 Å². The number of halogens is 1. The number of amides is 2. The third-order valence-corrected chi connectivity index (χ3v) is 3.21. The third-order valence-electron chi connectivity index (χ3n) is 2.96. The fraction of sp³-hybridized carbons (Fsp3) is 0.636. The van der Waals surface area contributed by atoms with E-state index in [-0.39, 0.29) is 17.9 Å². The molecule has 1 N–H and O–H groups in total. The van der Waals surface area contributed by atoms with E-state index < -0.39 is 0 Å². The molecule has 2 aliphatic rings. The highest BCUT2D eigenvalue weighted by molar-refractivity contribution is 9.11. The highest BCUT2D eigenvalue weighted by Gasteiger charge is 2.40. The predicted molar refractivity (Wildman–Crippen MR) is 63.9 cm³/mol. The van der Waals surface area contributed by atoms with Gasteiger partial charge in [-0.25, -0.2) is 0 Å². The molecule has 0 radical (unpaired) electrons. The summed E-state index contributed by atoms with van der Waals surface area (Å²) < 4.78 is 0.768. The van der Waals surface area contributed by atoms with Gasteiger partial charge in [0.15, 0.2) is 0 Å². The third kappa shape index (κ3) is 2.64. The first-order chi connectivity index (χ1) is 7.58. The Morgan fingerprint density at radius 3 is 2.75 bits per heavy atom. The van der Waals surface area contributed by atoms with Crippen molar-refractivity contribution < 1.29 is 9.59 Å². The van der Waals surface area contributed by atoms with E-state index in [0.29, 0.717) is 25.4 Å². The van der Waals surface area contributed by atoms with E-state index >= 15 is 0 Å². The fourth-order valence-corrected chi connectivity index (χ4v) is 2.27. The van der Waals surface area contributed by atoms with Crippen molar-refractivity contribution in [1.29, 1.82) is 0 Å². The molecular weight excluding hydrogens is 272 g/mol. The summed E-state index contributed by atoms with van der Waals surface area (Å²) in [7, 11) is 0. The topological polar surface area (TPSA) is 49.4 Å². The molecule has 88 valence electrons. The lowest BCUT2D eigenvalue weighted by Crippen LogP contribution is -2.46. The molecule has 1 aliphatic heterocycles. The molecule has 1 saturated heterocycles. The van der Waals surface area contributed by atoms with Crippen LogP contribution in [0.2, 0.25) is 0 Å². The number of carbonyl (C=O) groups is 2. The average Bonchev–Trinajstić information content (AvgIpc) is 3.01. The minimum absolute atomic E-state index is 0.0204. The molecular formula is C11H15BrN2O2. The maximum absolute atomic E-state index is 12.2. The predicted octanol–water partition coefficient (Wildman–Crippen LogP) is 1.02. The Labute approximate surface area is 103 Å². The molecule has 0 spiro atoms. The molecule has 1 unspecified atom stereocenters. The quantitative estimate of drug-likeness (QED) is 0.842. The van der Waals surface area contributed by atoms with Crippen LogP contribution < -0.4 is 5.32 Å². The maximum atomic E-state index is 12.2. The number of nitrogens with one attached hydrogen (secondary N) is 1. The van der Waals surface area contributed by atoms with Crippen LogP contribution in [-0.2, 0) is 9.59 Å². The van der Waals surface area contributed by atoms with Gasteiger partial charge in [0.05, 0.1) is 6.54 Å². The molecule has 0 aromatic rings. The monoisotopic (exact) mass is 286 g/mol. The second-order valence-electron chi connectivity index (χ2n) is 4.41. The molecule has 0 bridgehead atoms. The molecule has 4 nitrogen and oxygen atoms in total. The Morgan fingerprint density at radius 2 is 2.19 bits per heavy atom. The molecule has 5 heteroatoms. The van der Waals surface area contributed by atoms with E-state index in [1.54, 1.807) is 4.90 Å². The van der Waals surface area contributed by atoms with Crippen molar-refractivity contribution in [2.24, 2.45) is 5.92 Å². The summed E-state index contributed by atoms with van der Waals surface area (Å²) in [6, 6.07) is -0.304. The van der Waals surface area contributed by atoms with E-state index in [9.17, 15) is 9.59 Å². The summed E-state index contributed by atoms with van der Waals surface area (Å²) in [6.07, 6.45) is 2.47. The lowest BCUT2D eigenvalue weighted by atomic mass is 10.1. The zero-order valence-electron chi connectivity index (χ0n) is 9.04. The van der Waals surface area contributed by atoms with E-state index in [2.05, 4.69) is 27.8 Å². The first kappa shape index (κ1) is 11.6. The Hall–Kier alpha value is -0.840. The van der Waals surface area contributed by atoms with Crippen molar-refractivity contribution in [2.75, 3.05) is 13.1 Å². The summed E-state index contributed by atoms with van der Waals surface area (Å²) in [5.74, 6) is 0.363. The highest BCUT2D eigenvalue weighted by Crippen LogP contribution is 2.34. The molecule has 1 heterocycles. The standard InChI is InChI=1S/C11H15BrN2O2/c1-7(12)6-14-5-4-9(15)13-10(11(14)16)8-2-3-8/h8,10H,1-6H2,(H,13,15). The van der Waals surface area contributed by atoms with Crippen molar-refractivity contribution in [2.45, 2.75) is 25.3 Å². The van der Waals surface area contributed by atoms with Gasteiger partial charge >= 0.3 is 0 Å². The average molecular weight is 287 g/mol. The minimum Gasteiger partial charge on any atom is -0.344 e. The Morgan fingerprint density at radius 1 is 1.50 bits per heavy atom. The molecule has 1 saturated carbocycles. The van der Waals surface area contributed by atoms with Gasteiger partial charge in [-0.15, -0.1) is 0 Å². The van der Waals surface area contributed by atoms with Crippen LogP contribution in [0.25, 0.3) is 0 Å². The second-order valence-corrected chi connectivity index (χ2v) is 5.53. The fourth-order valence-electron chi connectivity index (χ4n) is 1.96. The van der Waals surface area contributed by atoms with Crippen molar-refractivity contribution in [3.8, 4) is 0 Å². The van der Waals surface area contributed by atoms with Gasteiger partial charge in [-0.05, 0) is 18.8 Å². The van der Waals surface area contributed by atoms with E-state index in [0.717, 1.165) is 17.3 Å². The number of rotatable bonds is 3. The van der Waals surface area contributed by atoms with Gasteiger partial charge < -0.3 is 10.2 Å². The normalized spacial score (nSPS) is 26.3. The summed E-state index contributed by atoms with van der Waals surface area (Å²) in [5.41, 5.74) is 0. The molecule has 1 atom stereocenters. The van der Waals surface area contributed by atoms with E-state index in [4.69, 9.17) is 0 Å².